The Morgan fingerprint density at radius 3 is 2.08 bits per heavy atom. The van der Waals surface area contributed by atoms with Gasteiger partial charge in [-0.3, -0.25) is 4.79 Å². The number of hydrogen-bond acceptors (Lipinski definition) is 3. The van der Waals surface area contributed by atoms with E-state index in [4.69, 9.17) is 5.11 Å². The number of alkyl carbamates (subject to hydrolysis) is 1. The Morgan fingerprint density at radius 1 is 1.04 bits per heavy atom. The fraction of sp³-hybridized carbons (Fsp3) is 0.467. The van der Waals surface area contributed by atoms with E-state index in [0.717, 1.165) is 0 Å². The van der Waals surface area contributed by atoms with Crippen molar-refractivity contribution in [1.82, 2.24) is 5.32 Å². The van der Waals surface area contributed by atoms with E-state index < -0.39 is 49.2 Å². The van der Waals surface area contributed by atoms with Crippen molar-refractivity contribution in [2.75, 3.05) is 6.54 Å². The van der Waals surface area contributed by atoms with Crippen LogP contribution in [0.3, 0.4) is 0 Å². The number of alkyl halides is 6. The van der Waals surface area contributed by atoms with Gasteiger partial charge in [0.15, 0.2) is 5.92 Å². The molecule has 0 saturated carbocycles. The highest BCUT2D eigenvalue weighted by atomic mass is 19.4. The van der Waals surface area contributed by atoms with E-state index in [1.807, 2.05) is 0 Å². The van der Waals surface area contributed by atoms with Crippen molar-refractivity contribution in [3.8, 4) is 0 Å². The SMILES string of the molecule is O=C(NCC(CC(C(=O)O)C(F)(F)F)C(F)(F)F)OCc1ccccc1. The highest BCUT2D eigenvalue weighted by molar-refractivity contribution is 5.71. The molecule has 2 atom stereocenters. The molecule has 1 amide bonds. The number of carboxylic acids is 1. The van der Waals surface area contributed by atoms with Crippen LogP contribution >= 0.6 is 0 Å². The molecule has 2 unspecified atom stereocenters. The van der Waals surface area contributed by atoms with Crippen LogP contribution in [0.15, 0.2) is 30.3 Å². The molecule has 11 heteroatoms. The van der Waals surface area contributed by atoms with Crippen molar-refractivity contribution in [1.29, 1.82) is 0 Å². The number of ether oxygens (including phenoxy) is 1. The van der Waals surface area contributed by atoms with E-state index in [2.05, 4.69) is 4.74 Å². The second-order valence-electron chi connectivity index (χ2n) is 5.35. The Balaban J connectivity index is 2.65. The highest BCUT2D eigenvalue weighted by Gasteiger charge is 2.51. The Hall–Kier alpha value is -2.46. The summed E-state index contributed by atoms with van der Waals surface area (Å²) in [5.41, 5.74) is 0.554. The number of amides is 1. The number of hydrogen-bond donors (Lipinski definition) is 2. The summed E-state index contributed by atoms with van der Waals surface area (Å²) in [5.74, 6) is -8.32. The van der Waals surface area contributed by atoms with Crippen molar-refractivity contribution < 1.29 is 45.8 Å². The van der Waals surface area contributed by atoms with Crippen LogP contribution < -0.4 is 5.32 Å². The molecule has 0 aliphatic carbocycles. The lowest BCUT2D eigenvalue weighted by Gasteiger charge is -2.24. The largest absolute Gasteiger partial charge is 0.481 e. The fourth-order valence-electron chi connectivity index (χ4n) is 1.97. The van der Waals surface area contributed by atoms with Crippen LogP contribution in [-0.4, -0.2) is 36.1 Å². The fourth-order valence-corrected chi connectivity index (χ4v) is 1.97. The molecule has 0 saturated heterocycles. The van der Waals surface area contributed by atoms with E-state index in [0.29, 0.717) is 5.56 Å². The van der Waals surface area contributed by atoms with Gasteiger partial charge in [0, 0.05) is 6.54 Å². The number of carbonyl (C=O) groups excluding carboxylic acids is 1. The summed E-state index contributed by atoms with van der Waals surface area (Å²) in [6, 6.07) is 8.15. The maximum atomic E-state index is 12.9. The number of carboxylic acid groups (broad SMARTS) is 1. The minimum Gasteiger partial charge on any atom is -0.481 e. The summed E-state index contributed by atoms with van der Waals surface area (Å²) in [5, 5.41) is 10.2. The van der Waals surface area contributed by atoms with Crippen molar-refractivity contribution in [2.24, 2.45) is 11.8 Å². The summed E-state index contributed by atoms with van der Waals surface area (Å²) in [4.78, 5) is 22.0. The molecule has 0 bridgehead atoms. The maximum Gasteiger partial charge on any atom is 0.407 e. The normalized spacial score (nSPS) is 14.4. The standard InChI is InChI=1S/C15H15F6NO4/c16-14(17,18)10(6-11(12(23)24)15(19,20)21)7-22-13(25)26-8-9-4-2-1-3-5-9/h1-5,10-11H,6-8H2,(H,22,25)(H,23,24). The maximum absolute atomic E-state index is 12.9. The lowest BCUT2D eigenvalue weighted by molar-refractivity contribution is -0.215. The second kappa shape index (κ2) is 8.77. The Morgan fingerprint density at radius 2 is 1.62 bits per heavy atom. The molecule has 0 aromatic heterocycles. The molecular formula is C15H15F6NO4. The zero-order valence-electron chi connectivity index (χ0n) is 13.1. The lowest BCUT2D eigenvalue weighted by atomic mass is 9.93. The van der Waals surface area contributed by atoms with Gasteiger partial charge in [-0.15, -0.1) is 0 Å². The van der Waals surface area contributed by atoms with Gasteiger partial charge in [-0.05, 0) is 12.0 Å². The van der Waals surface area contributed by atoms with E-state index in [9.17, 15) is 35.9 Å². The first kappa shape index (κ1) is 21.6. The van der Waals surface area contributed by atoms with Gasteiger partial charge in [-0.2, -0.15) is 26.3 Å². The quantitative estimate of drug-likeness (QED) is 0.699. The zero-order valence-corrected chi connectivity index (χ0v) is 13.1. The number of nitrogens with one attached hydrogen (secondary N) is 1. The monoisotopic (exact) mass is 387 g/mol. The van der Waals surface area contributed by atoms with Gasteiger partial charge >= 0.3 is 24.4 Å². The topological polar surface area (TPSA) is 75.6 Å². The molecule has 0 aliphatic heterocycles. The van der Waals surface area contributed by atoms with Crippen LogP contribution in [0.1, 0.15) is 12.0 Å². The second-order valence-corrected chi connectivity index (χ2v) is 5.35. The average Bonchev–Trinajstić information content (AvgIpc) is 2.51. The molecule has 0 radical (unpaired) electrons. The van der Waals surface area contributed by atoms with E-state index >= 15 is 0 Å². The van der Waals surface area contributed by atoms with Gasteiger partial charge in [0.1, 0.15) is 6.61 Å². The van der Waals surface area contributed by atoms with Crippen molar-refractivity contribution >= 4 is 12.1 Å². The van der Waals surface area contributed by atoms with Crippen LogP contribution in [0.5, 0.6) is 0 Å². The third kappa shape index (κ3) is 7.19. The Labute approximate surface area is 143 Å². The molecule has 1 rings (SSSR count). The van der Waals surface area contributed by atoms with Crippen LogP contribution in [0.25, 0.3) is 0 Å². The van der Waals surface area contributed by atoms with Crippen molar-refractivity contribution in [3.63, 3.8) is 0 Å². The lowest BCUT2D eigenvalue weighted by Crippen LogP contribution is -2.41. The van der Waals surface area contributed by atoms with Gasteiger partial charge in [0.2, 0.25) is 0 Å². The molecule has 5 nitrogen and oxygen atoms in total. The Bertz CT molecular complexity index is 602. The molecule has 0 spiro atoms. The molecule has 0 fully saturated rings. The molecule has 146 valence electrons. The van der Waals surface area contributed by atoms with Gasteiger partial charge in [-0.25, -0.2) is 4.79 Å². The molecule has 0 aliphatic rings. The summed E-state index contributed by atoms with van der Waals surface area (Å²) >= 11 is 0. The number of aliphatic carboxylic acids is 1. The molecule has 0 heterocycles. The first-order valence-corrected chi connectivity index (χ1v) is 7.22. The molecule has 26 heavy (non-hydrogen) atoms. The molecule has 1 aromatic rings. The van der Waals surface area contributed by atoms with Crippen LogP contribution in [0.2, 0.25) is 0 Å². The van der Waals surface area contributed by atoms with Gasteiger partial charge in [0.05, 0.1) is 5.92 Å². The third-order valence-corrected chi connectivity index (χ3v) is 3.38. The average molecular weight is 387 g/mol. The van der Waals surface area contributed by atoms with Crippen LogP contribution in [0, 0.1) is 11.8 Å². The minimum absolute atomic E-state index is 0.246. The van der Waals surface area contributed by atoms with Gasteiger partial charge < -0.3 is 15.2 Å². The molecular weight excluding hydrogens is 372 g/mol. The van der Waals surface area contributed by atoms with E-state index in [-0.39, 0.29) is 6.61 Å². The summed E-state index contributed by atoms with van der Waals surface area (Å²) in [7, 11) is 0. The van der Waals surface area contributed by atoms with Crippen molar-refractivity contribution in [2.45, 2.75) is 25.4 Å². The number of halogens is 6. The van der Waals surface area contributed by atoms with Crippen LogP contribution in [0.4, 0.5) is 31.1 Å². The first-order valence-electron chi connectivity index (χ1n) is 7.22. The molecule has 1 aromatic carbocycles. The summed E-state index contributed by atoms with van der Waals surface area (Å²) < 4.78 is 81.0. The number of carbonyl (C=O) groups is 2. The zero-order chi connectivity index (χ0) is 20.0. The minimum atomic E-state index is -5.34. The Kier molecular flexibility index (Phi) is 7.28. The molecule has 2 N–H and O–H groups in total. The number of rotatable bonds is 7. The predicted molar refractivity (Wildman–Crippen MR) is 76.0 cm³/mol. The van der Waals surface area contributed by atoms with Gasteiger partial charge in [0.25, 0.3) is 0 Å². The van der Waals surface area contributed by atoms with Crippen LogP contribution in [-0.2, 0) is 16.1 Å². The van der Waals surface area contributed by atoms with Gasteiger partial charge in [-0.1, -0.05) is 30.3 Å². The predicted octanol–water partition coefficient (Wildman–Crippen LogP) is 3.74. The summed E-state index contributed by atoms with van der Waals surface area (Å²) in [6.45, 7) is -1.49. The van der Waals surface area contributed by atoms with E-state index in [1.54, 1.807) is 35.6 Å². The third-order valence-electron chi connectivity index (χ3n) is 3.38. The number of benzene rings is 1. The van der Waals surface area contributed by atoms with Crippen molar-refractivity contribution in [3.05, 3.63) is 35.9 Å². The first-order chi connectivity index (χ1) is 11.9. The smallest absolute Gasteiger partial charge is 0.407 e. The van der Waals surface area contributed by atoms with E-state index in [1.165, 1.54) is 0 Å². The summed E-state index contributed by atoms with van der Waals surface area (Å²) in [6.07, 6.45) is -13.5. The highest BCUT2D eigenvalue weighted by Crippen LogP contribution is 2.37.